The van der Waals surface area contributed by atoms with Crippen molar-refractivity contribution in [2.45, 2.75) is 19.0 Å². The number of carbonyl (C=O) groups is 1. The Morgan fingerprint density at radius 3 is 2.55 bits per heavy atom. The molecule has 156 valence electrons. The van der Waals surface area contributed by atoms with Crippen LogP contribution in [0.4, 0.5) is 19.0 Å². The van der Waals surface area contributed by atoms with Crippen LogP contribution in [0.1, 0.15) is 18.4 Å². The summed E-state index contributed by atoms with van der Waals surface area (Å²) in [7, 11) is 0. The third-order valence-corrected chi connectivity index (χ3v) is 5.01. The van der Waals surface area contributed by atoms with Crippen molar-refractivity contribution >= 4 is 23.3 Å². The number of nitrogens with zero attached hydrogens (tertiary/aromatic N) is 2. The Hall–Kier alpha value is -2.48. The molecule has 9 heteroatoms. The molecule has 1 aliphatic rings. The zero-order valence-electron chi connectivity index (χ0n) is 15.6. The Bertz CT molecular complexity index is 825. The summed E-state index contributed by atoms with van der Waals surface area (Å²) in [5.74, 6) is 0.856. The van der Waals surface area contributed by atoms with Gasteiger partial charge in [0.1, 0.15) is 18.2 Å². The van der Waals surface area contributed by atoms with Gasteiger partial charge in [-0.2, -0.15) is 13.2 Å². The second kappa shape index (κ2) is 9.35. The maximum Gasteiger partial charge on any atom is 0.417 e. The lowest BCUT2D eigenvalue weighted by atomic mass is 9.96. The van der Waals surface area contributed by atoms with Crippen LogP contribution in [0.15, 0.2) is 42.6 Å². The Labute approximate surface area is 171 Å². The van der Waals surface area contributed by atoms with Crippen LogP contribution in [-0.2, 0) is 11.0 Å². The number of pyridine rings is 1. The highest BCUT2D eigenvalue weighted by Crippen LogP contribution is 2.34. The Kier molecular flexibility index (Phi) is 6.84. The molecule has 0 atom stereocenters. The van der Waals surface area contributed by atoms with Gasteiger partial charge in [-0.3, -0.25) is 4.79 Å². The first-order chi connectivity index (χ1) is 13.8. The number of ether oxygens (including phenoxy) is 1. The van der Waals surface area contributed by atoms with Crippen LogP contribution in [0.3, 0.4) is 0 Å². The quantitative estimate of drug-likeness (QED) is 0.703. The van der Waals surface area contributed by atoms with E-state index < -0.39 is 11.7 Å². The summed E-state index contributed by atoms with van der Waals surface area (Å²) in [6.07, 6.45) is -2.55. The molecule has 0 saturated carbocycles. The number of aromatic nitrogens is 1. The number of amides is 1. The third kappa shape index (κ3) is 5.76. The van der Waals surface area contributed by atoms with E-state index in [1.165, 1.54) is 0 Å². The van der Waals surface area contributed by atoms with E-state index in [0.717, 1.165) is 18.0 Å². The van der Waals surface area contributed by atoms with Crippen LogP contribution in [0, 0.1) is 5.92 Å². The molecule has 0 radical (unpaired) electrons. The summed E-state index contributed by atoms with van der Waals surface area (Å²) in [5.41, 5.74) is -0.877. The summed E-state index contributed by atoms with van der Waals surface area (Å²) in [6.45, 7) is 1.77. The molecule has 0 bridgehead atoms. The van der Waals surface area contributed by atoms with Crippen molar-refractivity contribution in [2.75, 3.05) is 31.1 Å². The number of hydrogen-bond acceptors (Lipinski definition) is 4. The predicted octanol–water partition coefficient (Wildman–Crippen LogP) is 4.17. The molecular weight excluding hydrogens is 407 g/mol. The molecule has 0 unspecified atom stereocenters. The highest BCUT2D eigenvalue weighted by molar-refractivity contribution is 6.33. The Morgan fingerprint density at radius 2 is 1.93 bits per heavy atom. The first-order valence-electron chi connectivity index (χ1n) is 9.28. The van der Waals surface area contributed by atoms with E-state index >= 15 is 0 Å². The molecule has 29 heavy (non-hydrogen) atoms. The van der Waals surface area contributed by atoms with Crippen LogP contribution < -0.4 is 15.0 Å². The lowest BCUT2D eigenvalue weighted by Gasteiger charge is -2.32. The van der Waals surface area contributed by atoms with Gasteiger partial charge in [0.15, 0.2) is 0 Å². The molecule has 1 aromatic heterocycles. The smallest absolute Gasteiger partial charge is 0.417 e. The van der Waals surface area contributed by atoms with Gasteiger partial charge in [-0.25, -0.2) is 4.98 Å². The summed E-state index contributed by atoms with van der Waals surface area (Å²) >= 11 is 6.01. The number of piperidine rings is 1. The summed E-state index contributed by atoms with van der Waals surface area (Å²) in [5, 5.41) is 2.82. The fourth-order valence-electron chi connectivity index (χ4n) is 3.18. The van der Waals surface area contributed by atoms with Crippen molar-refractivity contribution in [1.29, 1.82) is 0 Å². The molecule has 2 heterocycles. The topological polar surface area (TPSA) is 54.5 Å². The van der Waals surface area contributed by atoms with Gasteiger partial charge in [0.25, 0.3) is 0 Å². The Morgan fingerprint density at radius 1 is 1.24 bits per heavy atom. The average Bonchev–Trinajstić information content (AvgIpc) is 2.71. The predicted molar refractivity (Wildman–Crippen MR) is 104 cm³/mol. The molecular formula is C20H21ClF3N3O2. The van der Waals surface area contributed by atoms with E-state index in [2.05, 4.69) is 10.3 Å². The minimum atomic E-state index is -4.48. The first-order valence-corrected chi connectivity index (χ1v) is 9.65. The summed E-state index contributed by atoms with van der Waals surface area (Å²) < 4.78 is 43.8. The van der Waals surface area contributed by atoms with Crippen molar-refractivity contribution in [2.24, 2.45) is 5.92 Å². The van der Waals surface area contributed by atoms with Crippen LogP contribution in [0.2, 0.25) is 5.02 Å². The largest absolute Gasteiger partial charge is 0.492 e. The van der Waals surface area contributed by atoms with E-state index in [0.29, 0.717) is 44.9 Å². The normalized spacial score (nSPS) is 15.2. The van der Waals surface area contributed by atoms with Crippen LogP contribution in [0.25, 0.3) is 0 Å². The van der Waals surface area contributed by atoms with E-state index in [1.54, 1.807) is 0 Å². The van der Waals surface area contributed by atoms with E-state index in [9.17, 15) is 18.0 Å². The van der Waals surface area contributed by atoms with Gasteiger partial charge in [-0.1, -0.05) is 29.8 Å². The summed E-state index contributed by atoms with van der Waals surface area (Å²) in [6, 6.07) is 10.2. The number of carbonyl (C=O) groups excluding carboxylic acids is 1. The van der Waals surface area contributed by atoms with E-state index in [1.807, 2.05) is 35.2 Å². The highest BCUT2D eigenvalue weighted by Gasteiger charge is 2.33. The Balaban J connectivity index is 1.44. The number of rotatable bonds is 6. The van der Waals surface area contributed by atoms with Crippen molar-refractivity contribution in [3.8, 4) is 5.75 Å². The third-order valence-electron chi connectivity index (χ3n) is 4.73. The van der Waals surface area contributed by atoms with Gasteiger partial charge in [0, 0.05) is 25.2 Å². The van der Waals surface area contributed by atoms with Gasteiger partial charge in [-0.05, 0) is 31.0 Å². The molecule has 1 amide bonds. The van der Waals surface area contributed by atoms with E-state index in [-0.39, 0.29) is 16.8 Å². The highest BCUT2D eigenvalue weighted by atomic mass is 35.5. The lowest BCUT2D eigenvalue weighted by molar-refractivity contribution is -0.137. The minimum absolute atomic E-state index is 0.0409. The van der Waals surface area contributed by atoms with Gasteiger partial charge in [-0.15, -0.1) is 0 Å². The van der Waals surface area contributed by atoms with Crippen LogP contribution in [-0.4, -0.2) is 37.1 Å². The standard InChI is InChI=1S/C20H21ClF3N3O2/c21-17-12-15(20(22,23)24)13-26-18(17)27-9-6-14(7-10-27)19(28)25-8-11-29-16-4-2-1-3-5-16/h1-5,12-14H,6-11H2,(H,25,28). The van der Waals surface area contributed by atoms with Crippen molar-refractivity contribution in [1.82, 2.24) is 10.3 Å². The molecule has 1 aliphatic heterocycles. The van der Waals surface area contributed by atoms with Crippen molar-refractivity contribution in [3.05, 3.63) is 53.2 Å². The van der Waals surface area contributed by atoms with E-state index in [4.69, 9.17) is 16.3 Å². The molecule has 0 spiro atoms. The SMILES string of the molecule is O=C(NCCOc1ccccc1)C1CCN(c2ncc(C(F)(F)F)cc2Cl)CC1. The fraction of sp³-hybridized carbons (Fsp3) is 0.400. The number of anilines is 1. The molecule has 1 fully saturated rings. The minimum Gasteiger partial charge on any atom is -0.492 e. The van der Waals surface area contributed by atoms with Gasteiger partial charge in [0.2, 0.25) is 5.91 Å². The maximum atomic E-state index is 12.7. The number of alkyl halides is 3. The van der Waals surface area contributed by atoms with Gasteiger partial charge >= 0.3 is 6.18 Å². The number of nitrogens with one attached hydrogen (secondary N) is 1. The zero-order chi connectivity index (χ0) is 20.9. The molecule has 0 aliphatic carbocycles. The zero-order valence-corrected chi connectivity index (χ0v) is 16.3. The number of benzene rings is 1. The van der Waals surface area contributed by atoms with Crippen molar-refractivity contribution in [3.63, 3.8) is 0 Å². The van der Waals surface area contributed by atoms with Crippen LogP contribution >= 0.6 is 11.6 Å². The second-order valence-electron chi connectivity index (χ2n) is 6.74. The number of para-hydroxylation sites is 1. The summed E-state index contributed by atoms with van der Waals surface area (Å²) in [4.78, 5) is 18.0. The molecule has 3 rings (SSSR count). The fourth-order valence-corrected chi connectivity index (χ4v) is 3.46. The lowest BCUT2D eigenvalue weighted by Crippen LogP contribution is -2.41. The number of hydrogen-bond donors (Lipinski definition) is 1. The van der Waals surface area contributed by atoms with Crippen molar-refractivity contribution < 1.29 is 22.7 Å². The second-order valence-corrected chi connectivity index (χ2v) is 7.15. The molecule has 1 aromatic carbocycles. The molecule has 1 saturated heterocycles. The number of halogens is 4. The maximum absolute atomic E-state index is 12.7. The van der Waals surface area contributed by atoms with Crippen LogP contribution in [0.5, 0.6) is 5.75 Å². The van der Waals surface area contributed by atoms with Gasteiger partial charge in [0.05, 0.1) is 17.1 Å². The molecule has 2 aromatic rings. The monoisotopic (exact) mass is 427 g/mol. The molecule has 5 nitrogen and oxygen atoms in total. The molecule has 1 N–H and O–H groups in total. The average molecular weight is 428 g/mol. The first kappa shape index (κ1) is 21.2. The van der Waals surface area contributed by atoms with Gasteiger partial charge < -0.3 is 15.0 Å².